The predicted octanol–water partition coefficient (Wildman–Crippen LogP) is 0.962. The van der Waals surface area contributed by atoms with E-state index < -0.39 is 6.04 Å². The van der Waals surface area contributed by atoms with Gasteiger partial charge in [0.25, 0.3) is 0 Å². The van der Waals surface area contributed by atoms with E-state index in [1.54, 1.807) is 12.0 Å². The number of methoxy groups -OCH3 is 1. The molecule has 1 aliphatic heterocycles. The molecule has 1 aromatic rings. The third kappa shape index (κ3) is 3.62. The first-order chi connectivity index (χ1) is 9.61. The summed E-state index contributed by atoms with van der Waals surface area (Å²) >= 11 is 6.00. The van der Waals surface area contributed by atoms with Gasteiger partial charge in [-0.2, -0.15) is 0 Å². The van der Waals surface area contributed by atoms with Crippen molar-refractivity contribution in [3.05, 3.63) is 29.3 Å². The highest BCUT2D eigenvalue weighted by molar-refractivity contribution is 6.30. The number of benzene rings is 1. The minimum Gasteiger partial charge on any atom is -0.383 e. The summed E-state index contributed by atoms with van der Waals surface area (Å²) in [5.41, 5.74) is 6.87. The van der Waals surface area contributed by atoms with Crippen LogP contribution in [0.25, 0.3) is 0 Å². The zero-order valence-electron chi connectivity index (χ0n) is 11.6. The van der Waals surface area contributed by atoms with Crippen molar-refractivity contribution in [1.82, 2.24) is 4.90 Å². The van der Waals surface area contributed by atoms with Crippen LogP contribution in [0.2, 0.25) is 5.02 Å². The number of hydrogen-bond acceptors (Lipinski definition) is 4. The van der Waals surface area contributed by atoms with Crippen LogP contribution in [0.3, 0.4) is 0 Å². The number of ether oxygens (including phenoxy) is 1. The van der Waals surface area contributed by atoms with E-state index in [0.717, 1.165) is 23.8 Å². The van der Waals surface area contributed by atoms with Gasteiger partial charge in [-0.3, -0.25) is 4.79 Å². The van der Waals surface area contributed by atoms with Gasteiger partial charge in [0.1, 0.15) is 6.04 Å². The van der Waals surface area contributed by atoms with Crippen molar-refractivity contribution in [2.24, 2.45) is 5.73 Å². The van der Waals surface area contributed by atoms with Crippen molar-refractivity contribution >= 4 is 23.2 Å². The molecular weight excluding hydrogens is 278 g/mol. The van der Waals surface area contributed by atoms with E-state index in [-0.39, 0.29) is 12.5 Å². The van der Waals surface area contributed by atoms with Crippen molar-refractivity contribution in [3.63, 3.8) is 0 Å². The largest absolute Gasteiger partial charge is 0.383 e. The van der Waals surface area contributed by atoms with Crippen LogP contribution < -0.4 is 10.6 Å². The molecule has 110 valence electrons. The summed E-state index contributed by atoms with van der Waals surface area (Å²) in [5.74, 6) is -0.0439. The topological polar surface area (TPSA) is 58.8 Å². The van der Waals surface area contributed by atoms with Crippen LogP contribution in [0, 0.1) is 0 Å². The fourth-order valence-corrected chi connectivity index (χ4v) is 2.53. The van der Waals surface area contributed by atoms with Crippen LogP contribution in [0.5, 0.6) is 0 Å². The molecule has 2 rings (SSSR count). The number of piperazine rings is 1. The maximum Gasteiger partial charge on any atom is 0.241 e. The fourth-order valence-electron chi connectivity index (χ4n) is 2.34. The number of rotatable bonds is 4. The zero-order valence-corrected chi connectivity index (χ0v) is 12.3. The Bertz CT molecular complexity index is 461. The molecule has 6 heteroatoms. The summed E-state index contributed by atoms with van der Waals surface area (Å²) in [6.45, 7) is 3.16. The second-order valence-corrected chi connectivity index (χ2v) is 5.29. The van der Waals surface area contributed by atoms with E-state index in [4.69, 9.17) is 22.1 Å². The molecule has 0 bridgehead atoms. The van der Waals surface area contributed by atoms with Gasteiger partial charge >= 0.3 is 0 Å². The Morgan fingerprint density at radius 2 is 2.10 bits per heavy atom. The van der Waals surface area contributed by atoms with Gasteiger partial charge in [0.2, 0.25) is 5.91 Å². The van der Waals surface area contributed by atoms with E-state index in [1.165, 1.54) is 0 Å². The van der Waals surface area contributed by atoms with Crippen molar-refractivity contribution in [2.75, 3.05) is 44.8 Å². The molecule has 0 radical (unpaired) electrons. The lowest BCUT2D eigenvalue weighted by molar-refractivity contribution is -0.134. The summed E-state index contributed by atoms with van der Waals surface area (Å²) in [6, 6.07) is 7.19. The van der Waals surface area contributed by atoms with Crippen LogP contribution in [-0.2, 0) is 9.53 Å². The molecular formula is C14H20ClN3O2. The minimum atomic E-state index is -0.572. The van der Waals surface area contributed by atoms with Crippen molar-refractivity contribution in [1.29, 1.82) is 0 Å². The monoisotopic (exact) mass is 297 g/mol. The first-order valence-corrected chi connectivity index (χ1v) is 7.03. The third-order valence-corrected chi connectivity index (χ3v) is 3.66. The maximum atomic E-state index is 12.1. The highest BCUT2D eigenvalue weighted by Gasteiger charge is 2.25. The molecule has 0 aliphatic carbocycles. The average Bonchev–Trinajstić information content (AvgIpc) is 2.47. The molecule has 1 aliphatic rings. The number of carbonyl (C=O) groups excluding carboxylic acids is 1. The van der Waals surface area contributed by atoms with Crippen molar-refractivity contribution < 1.29 is 9.53 Å². The quantitative estimate of drug-likeness (QED) is 0.899. The summed E-state index contributed by atoms with van der Waals surface area (Å²) in [7, 11) is 1.55. The van der Waals surface area contributed by atoms with E-state index in [0.29, 0.717) is 13.1 Å². The lowest BCUT2D eigenvalue weighted by Gasteiger charge is -2.37. The Labute approximate surface area is 124 Å². The van der Waals surface area contributed by atoms with Gasteiger partial charge in [-0.05, 0) is 18.2 Å². The number of hydrogen-bond donors (Lipinski definition) is 1. The van der Waals surface area contributed by atoms with E-state index in [1.807, 2.05) is 24.3 Å². The molecule has 1 amide bonds. The van der Waals surface area contributed by atoms with E-state index in [9.17, 15) is 4.79 Å². The molecule has 1 heterocycles. The molecule has 0 saturated carbocycles. The molecule has 1 fully saturated rings. The third-order valence-electron chi connectivity index (χ3n) is 3.43. The van der Waals surface area contributed by atoms with Crippen LogP contribution >= 0.6 is 11.6 Å². The lowest BCUT2D eigenvalue weighted by Crippen LogP contribution is -2.54. The van der Waals surface area contributed by atoms with Gasteiger partial charge in [0.05, 0.1) is 6.61 Å². The van der Waals surface area contributed by atoms with Crippen LogP contribution in [-0.4, -0.2) is 56.7 Å². The molecule has 1 atom stereocenters. The standard InChI is InChI=1S/C14H20ClN3O2/c1-20-10-13(16)14(19)18-7-5-17(6-8-18)12-4-2-3-11(15)9-12/h2-4,9,13H,5-8,10,16H2,1H3. The zero-order chi connectivity index (χ0) is 14.5. The second kappa shape index (κ2) is 6.92. The van der Waals surface area contributed by atoms with E-state index >= 15 is 0 Å². The Morgan fingerprint density at radius 3 is 2.70 bits per heavy atom. The van der Waals surface area contributed by atoms with E-state index in [2.05, 4.69) is 4.90 Å². The first kappa shape index (κ1) is 15.1. The molecule has 2 N–H and O–H groups in total. The SMILES string of the molecule is COCC(N)C(=O)N1CCN(c2cccc(Cl)c2)CC1. The minimum absolute atomic E-state index is 0.0439. The average molecular weight is 298 g/mol. The summed E-state index contributed by atoms with van der Waals surface area (Å²) in [5, 5.41) is 0.725. The Hall–Kier alpha value is -1.30. The molecule has 1 aromatic carbocycles. The number of nitrogens with zero attached hydrogens (tertiary/aromatic N) is 2. The summed E-state index contributed by atoms with van der Waals surface area (Å²) in [6.07, 6.45) is 0. The van der Waals surface area contributed by atoms with Gasteiger partial charge in [-0.1, -0.05) is 17.7 Å². The van der Waals surface area contributed by atoms with Gasteiger partial charge in [0, 0.05) is 44.0 Å². The summed E-state index contributed by atoms with van der Waals surface area (Å²) < 4.78 is 4.92. The van der Waals surface area contributed by atoms with Crippen LogP contribution in [0.4, 0.5) is 5.69 Å². The van der Waals surface area contributed by atoms with Crippen LogP contribution in [0.15, 0.2) is 24.3 Å². The number of carbonyl (C=O) groups is 1. The Kier molecular flexibility index (Phi) is 5.23. The molecule has 0 aromatic heterocycles. The highest BCUT2D eigenvalue weighted by atomic mass is 35.5. The number of anilines is 1. The second-order valence-electron chi connectivity index (χ2n) is 4.85. The molecule has 1 saturated heterocycles. The highest BCUT2D eigenvalue weighted by Crippen LogP contribution is 2.20. The molecule has 20 heavy (non-hydrogen) atoms. The molecule has 0 spiro atoms. The van der Waals surface area contributed by atoms with Gasteiger partial charge in [-0.25, -0.2) is 0 Å². The van der Waals surface area contributed by atoms with Gasteiger partial charge in [0.15, 0.2) is 0 Å². The lowest BCUT2D eigenvalue weighted by atomic mass is 10.2. The van der Waals surface area contributed by atoms with Crippen molar-refractivity contribution in [2.45, 2.75) is 6.04 Å². The smallest absolute Gasteiger partial charge is 0.241 e. The van der Waals surface area contributed by atoms with Gasteiger partial charge < -0.3 is 20.3 Å². The Morgan fingerprint density at radius 1 is 1.40 bits per heavy atom. The molecule has 1 unspecified atom stereocenters. The van der Waals surface area contributed by atoms with Crippen LogP contribution in [0.1, 0.15) is 0 Å². The number of halogens is 1. The number of nitrogens with two attached hydrogens (primary N) is 1. The fraction of sp³-hybridized carbons (Fsp3) is 0.500. The molecule has 5 nitrogen and oxygen atoms in total. The maximum absolute atomic E-state index is 12.1. The Balaban J connectivity index is 1.91. The van der Waals surface area contributed by atoms with Crippen molar-refractivity contribution in [3.8, 4) is 0 Å². The van der Waals surface area contributed by atoms with Gasteiger partial charge in [-0.15, -0.1) is 0 Å². The first-order valence-electron chi connectivity index (χ1n) is 6.65. The predicted molar refractivity (Wildman–Crippen MR) is 80.1 cm³/mol. The number of amides is 1. The normalized spacial score (nSPS) is 17.1. The summed E-state index contributed by atoms with van der Waals surface area (Å²) in [4.78, 5) is 16.1.